The molecule has 19 heavy (non-hydrogen) atoms. The predicted molar refractivity (Wildman–Crippen MR) is 77.9 cm³/mol. The minimum Gasteiger partial charge on any atom is -0.433 e. The number of nitrogens with zero attached hydrogens (tertiary/aromatic N) is 1. The monoisotopic (exact) mass is 321 g/mol. The number of allylic oxidation sites excluding steroid dienone is 1. The largest absolute Gasteiger partial charge is 0.433 e. The van der Waals surface area contributed by atoms with Crippen molar-refractivity contribution in [2.75, 3.05) is 0 Å². The van der Waals surface area contributed by atoms with Gasteiger partial charge >= 0.3 is 5.97 Å². The molecule has 0 heterocycles. The Morgan fingerprint density at radius 1 is 1.37 bits per heavy atom. The second kappa shape index (κ2) is 6.53. The topological polar surface area (TPSA) is 50.1 Å². The molecule has 4 heteroatoms. The van der Waals surface area contributed by atoms with Gasteiger partial charge in [-0.05, 0) is 23.1 Å². The fourth-order valence-electron chi connectivity index (χ4n) is 1.39. The lowest BCUT2D eigenvalue weighted by Gasteiger charge is -2.15. The molecule has 0 aliphatic carbocycles. The summed E-state index contributed by atoms with van der Waals surface area (Å²) in [6, 6.07) is 9.26. The number of nitriles is 1. The van der Waals surface area contributed by atoms with E-state index in [0.29, 0.717) is 17.6 Å². The van der Waals surface area contributed by atoms with Gasteiger partial charge in [-0.25, -0.2) is 0 Å². The summed E-state index contributed by atoms with van der Waals surface area (Å²) in [5, 5.41) is 9.07. The molecule has 1 rings (SSSR count). The molecule has 0 spiro atoms. The van der Waals surface area contributed by atoms with Gasteiger partial charge in [-0.3, -0.25) is 4.79 Å². The van der Waals surface area contributed by atoms with Crippen molar-refractivity contribution in [3.05, 3.63) is 40.6 Å². The zero-order chi connectivity index (χ0) is 14.5. The number of hydrogen-bond acceptors (Lipinski definition) is 3. The minimum absolute atomic E-state index is 0.130. The molecule has 0 unspecified atom stereocenters. The lowest BCUT2D eigenvalue weighted by Crippen LogP contribution is -2.13. The van der Waals surface area contributed by atoms with E-state index in [9.17, 15) is 4.79 Å². The van der Waals surface area contributed by atoms with Crippen LogP contribution in [0.15, 0.2) is 35.0 Å². The second-order valence-electron chi connectivity index (χ2n) is 5.38. The van der Waals surface area contributed by atoms with E-state index in [0.717, 1.165) is 4.47 Å². The zero-order valence-electron chi connectivity index (χ0n) is 11.2. The number of hydrogen-bond donors (Lipinski definition) is 0. The Balaban J connectivity index is 2.76. The highest BCUT2D eigenvalue weighted by Crippen LogP contribution is 2.20. The SMILES string of the molecule is CC(C)(C)CC(=O)OC=C(C#N)c1ccc(Br)cc1. The molecule has 0 saturated carbocycles. The van der Waals surface area contributed by atoms with Gasteiger partial charge in [0.15, 0.2) is 0 Å². The van der Waals surface area contributed by atoms with Crippen molar-refractivity contribution in [3.8, 4) is 6.07 Å². The van der Waals surface area contributed by atoms with Crippen molar-refractivity contribution in [2.45, 2.75) is 27.2 Å². The first-order chi connectivity index (χ1) is 8.81. The van der Waals surface area contributed by atoms with Gasteiger partial charge in [-0.2, -0.15) is 5.26 Å². The first-order valence-electron chi connectivity index (χ1n) is 5.87. The molecule has 0 amide bonds. The van der Waals surface area contributed by atoms with E-state index in [1.54, 1.807) is 12.1 Å². The summed E-state index contributed by atoms with van der Waals surface area (Å²) in [4.78, 5) is 11.6. The van der Waals surface area contributed by atoms with Crippen LogP contribution in [0.3, 0.4) is 0 Å². The molecule has 0 atom stereocenters. The Kier molecular flexibility index (Phi) is 5.31. The smallest absolute Gasteiger partial charge is 0.311 e. The highest BCUT2D eigenvalue weighted by Gasteiger charge is 2.16. The molecule has 0 fully saturated rings. The molecule has 0 saturated heterocycles. The van der Waals surface area contributed by atoms with Gasteiger partial charge < -0.3 is 4.74 Å². The second-order valence-corrected chi connectivity index (χ2v) is 6.29. The van der Waals surface area contributed by atoms with E-state index in [4.69, 9.17) is 10.00 Å². The fourth-order valence-corrected chi connectivity index (χ4v) is 1.65. The molecule has 0 radical (unpaired) electrons. The van der Waals surface area contributed by atoms with Crippen LogP contribution >= 0.6 is 15.9 Å². The fraction of sp³-hybridized carbons (Fsp3) is 0.333. The zero-order valence-corrected chi connectivity index (χ0v) is 12.8. The summed E-state index contributed by atoms with van der Waals surface area (Å²) < 4.78 is 5.95. The van der Waals surface area contributed by atoms with Crippen molar-refractivity contribution in [2.24, 2.45) is 5.41 Å². The van der Waals surface area contributed by atoms with Gasteiger partial charge in [0.25, 0.3) is 0 Å². The average Bonchev–Trinajstić information content (AvgIpc) is 2.29. The van der Waals surface area contributed by atoms with E-state index in [2.05, 4.69) is 15.9 Å². The number of benzene rings is 1. The lowest BCUT2D eigenvalue weighted by molar-refractivity contribution is -0.139. The van der Waals surface area contributed by atoms with Crippen molar-refractivity contribution in [1.29, 1.82) is 5.26 Å². The molecule has 100 valence electrons. The maximum absolute atomic E-state index is 11.6. The third-order valence-electron chi connectivity index (χ3n) is 2.26. The number of esters is 1. The molecular formula is C15H16BrNO2. The highest BCUT2D eigenvalue weighted by atomic mass is 79.9. The van der Waals surface area contributed by atoms with E-state index in [1.807, 2.05) is 39.0 Å². The van der Waals surface area contributed by atoms with Gasteiger partial charge in [-0.1, -0.05) is 48.8 Å². The molecule has 0 bridgehead atoms. The van der Waals surface area contributed by atoms with Crippen molar-refractivity contribution in [1.82, 2.24) is 0 Å². The maximum atomic E-state index is 11.6. The van der Waals surface area contributed by atoms with Crippen LogP contribution < -0.4 is 0 Å². The van der Waals surface area contributed by atoms with E-state index in [1.165, 1.54) is 6.26 Å². The lowest BCUT2D eigenvalue weighted by atomic mass is 9.92. The third kappa shape index (κ3) is 5.71. The van der Waals surface area contributed by atoms with Crippen molar-refractivity contribution >= 4 is 27.5 Å². The summed E-state index contributed by atoms with van der Waals surface area (Å²) in [6.45, 7) is 5.87. The van der Waals surface area contributed by atoms with Crippen LogP contribution in [0.5, 0.6) is 0 Å². The summed E-state index contributed by atoms with van der Waals surface area (Å²) in [7, 11) is 0. The minimum atomic E-state index is -0.336. The number of halogens is 1. The van der Waals surface area contributed by atoms with E-state index >= 15 is 0 Å². The highest BCUT2D eigenvalue weighted by molar-refractivity contribution is 9.10. The number of carbonyl (C=O) groups is 1. The number of ether oxygens (including phenoxy) is 1. The van der Waals surface area contributed by atoms with Gasteiger partial charge in [0.1, 0.15) is 12.3 Å². The van der Waals surface area contributed by atoms with Gasteiger partial charge in [-0.15, -0.1) is 0 Å². The molecular weight excluding hydrogens is 306 g/mol. The summed E-state index contributed by atoms with van der Waals surface area (Å²) in [5.74, 6) is -0.336. The predicted octanol–water partition coefficient (Wildman–Crippen LogP) is 4.29. The van der Waals surface area contributed by atoms with Gasteiger partial charge in [0.05, 0.1) is 12.0 Å². The van der Waals surface area contributed by atoms with Crippen LogP contribution in [0.2, 0.25) is 0 Å². The number of rotatable bonds is 3. The normalized spacial score (nSPS) is 11.8. The van der Waals surface area contributed by atoms with Gasteiger partial charge in [0.2, 0.25) is 0 Å². The average molecular weight is 322 g/mol. The standard InChI is InChI=1S/C15H16BrNO2/c1-15(2,3)8-14(18)19-10-12(9-17)11-4-6-13(16)7-5-11/h4-7,10H,8H2,1-3H3. The molecule has 0 N–H and O–H groups in total. The molecule has 0 aliphatic rings. The van der Waals surface area contributed by atoms with E-state index < -0.39 is 0 Å². The van der Waals surface area contributed by atoms with Crippen LogP contribution in [-0.4, -0.2) is 5.97 Å². The Morgan fingerprint density at radius 3 is 2.42 bits per heavy atom. The molecule has 0 aromatic heterocycles. The summed E-state index contributed by atoms with van der Waals surface area (Å²) >= 11 is 3.32. The Labute approximate surface area is 122 Å². The van der Waals surface area contributed by atoms with Crippen LogP contribution in [0, 0.1) is 16.7 Å². The van der Waals surface area contributed by atoms with Crippen molar-refractivity contribution < 1.29 is 9.53 Å². The summed E-state index contributed by atoms with van der Waals surface area (Å²) in [6.07, 6.45) is 1.53. The van der Waals surface area contributed by atoms with Gasteiger partial charge in [0, 0.05) is 4.47 Å². The van der Waals surface area contributed by atoms with Crippen molar-refractivity contribution in [3.63, 3.8) is 0 Å². The first kappa shape index (κ1) is 15.5. The first-order valence-corrected chi connectivity index (χ1v) is 6.67. The molecule has 3 nitrogen and oxygen atoms in total. The molecule has 1 aromatic carbocycles. The van der Waals surface area contributed by atoms with Crippen LogP contribution in [0.4, 0.5) is 0 Å². The molecule has 1 aromatic rings. The van der Waals surface area contributed by atoms with Crippen LogP contribution in [0.1, 0.15) is 32.8 Å². The quantitative estimate of drug-likeness (QED) is 0.474. The van der Waals surface area contributed by atoms with E-state index in [-0.39, 0.29) is 11.4 Å². The third-order valence-corrected chi connectivity index (χ3v) is 2.79. The number of carbonyl (C=O) groups excluding carboxylic acids is 1. The Bertz CT molecular complexity index is 519. The maximum Gasteiger partial charge on any atom is 0.311 e. The Morgan fingerprint density at radius 2 is 1.95 bits per heavy atom. The Hall–Kier alpha value is -1.60. The molecule has 0 aliphatic heterocycles. The van der Waals surface area contributed by atoms with Crippen LogP contribution in [-0.2, 0) is 9.53 Å². The summed E-state index contributed by atoms with van der Waals surface area (Å²) in [5.41, 5.74) is 0.916. The van der Waals surface area contributed by atoms with Crippen LogP contribution in [0.25, 0.3) is 5.57 Å².